The van der Waals surface area contributed by atoms with Gasteiger partial charge in [-0.1, -0.05) is 0 Å². The summed E-state index contributed by atoms with van der Waals surface area (Å²) in [6.07, 6.45) is 5.08. The van der Waals surface area contributed by atoms with Crippen molar-refractivity contribution in [1.82, 2.24) is 20.5 Å². The van der Waals surface area contributed by atoms with Crippen molar-refractivity contribution < 1.29 is 9.53 Å². The van der Waals surface area contributed by atoms with E-state index < -0.39 is 0 Å². The third kappa shape index (κ3) is 4.21. The number of amides is 1. The molecule has 1 saturated heterocycles. The van der Waals surface area contributed by atoms with Crippen LogP contribution in [0.15, 0.2) is 30.6 Å². The molecular weight excluding hydrogens is 294 g/mol. The highest BCUT2D eigenvalue weighted by molar-refractivity contribution is 5.77. The van der Waals surface area contributed by atoms with Gasteiger partial charge in [0.1, 0.15) is 5.75 Å². The molecule has 7 heteroatoms. The molecule has 2 N–H and O–H groups in total. The van der Waals surface area contributed by atoms with Crippen LogP contribution in [-0.4, -0.2) is 46.8 Å². The number of carbonyl (C=O) groups is 1. The molecule has 0 aliphatic carbocycles. The van der Waals surface area contributed by atoms with Crippen molar-refractivity contribution in [3.63, 3.8) is 0 Å². The summed E-state index contributed by atoms with van der Waals surface area (Å²) in [5, 5.41) is 10.3. The fourth-order valence-electron chi connectivity index (χ4n) is 2.67. The minimum absolute atomic E-state index is 0.0183. The molecule has 2 aromatic heterocycles. The molecule has 23 heavy (non-hydrogen) atoms. The van der Waals surface area contributed by atoms with Crippen LogP contribution in [0.1, 0.15) is 18.5 Å². The van der Waals surface area contributed by atoms with Crippen molar-refractivity contribution in [2.24, 2.45) is 0 Å². The van der Waals surface area contributed by atoms with Crippen LogP contribution in [0.3, 0.4) is 0 Å². The number of hydrogen-bond donors (Lipinski definition) is 2. The number of hydrogen-bond acceptors (Lipinski definition) is 5. The fraction of sp³-hybridized carbons (Fsp3) is 0.438. The van der Waals surface area contributed by atoms with Gasteiger partial charge in [0.15, 0.2) is 12.4 Å². The number of ether oxygens (including phenoxy) is 1. The summed E-state index contributed by atoms with van der Waals surface area (Å²) in [7, 11) is 0. The number of nitrogens with one attached hydrogen (secondary N) is 2. The van der Waals surface area contributed by atoms with E-state index in [1.54, 1.807) is 24.5 Å². The SMILES string of the molecule is Cc1cc(N2CCC(NC(=O)COc3cccnc3)CC2)n[nH]1. The van der Waals surface area contributed by atoms with Crippen LogP contribution in [0, 0.1) is 6.92 Å². The minimum Gasteiger partial charge on any atom is -0.482 e. The highest BCUT2D eigenvalue weighted by atomic mass is 16.5. The van der Waals surface area contributed by atoms with Gasteiger partial charge < -0.3 is 15.0 Å². The van der Waals surface area contributed by atoms with Crippen molar-refractivity contribution >= 4 is 11.7 Å². The lowest BCUT2D eigenvalue weighted by Gasteiger charge is -2.32. The fourth-order valence-corrected chi connectivity index (χ4v) is 2.67. The summed E-state index contributed by atoms with van der Waals surface area (Å²) in [5.74, 6) is 1.49. The van der Waals surface area contributed by atoms with Gasteiger partial charge in [0.25, 0.3) is 5.91 Å². The summed E-state index contributed by atoms with van der Waals surface area (Å²) >= 11 is 0. The number of aromatic nitrogens is 3. The van der Waals surface area contributed by atoms with Gasteiger partial charge in [-0.3, -0.25) is 14.9 Å². The van der Waals surface area contributed by atoms with E-state index in [-0.39, 0.29) is 18.6 Å². The maximum Gasteiger partial charge on any atom is 0.258 e. The zero-order chi connectivity index (χ0) is 16.1. The number of nitrogens with zero attached hydrogens (tertiary/aromatic N) is 3. The summed E-state index contributed by atoms with van der Waals surface area (Å²) < 4.78 is 5.40. The van der Waals surface area contributed by atoms with E-state index in [1.807, 2.05) is 13.0 Å². The number of anilines is 1. The van der Waals surface area contributed by atoms with Gasteiger partial charge in [-0.2, -0.15) is 5.10 Å². The molecular formula is C16H21N5O2. The molecule has 3 rings (SSSR count). The first-order valence-corrected chi connectivity index (χ1v) is 7.80. The monoisotopic (exact) mass is 315 g/mol. The normalized spacial score (nSPS) is 15.4. The lowest BCUT2D eigenvalue weighted by molar-refractivity contribution is -0.123. The predicted octanol–water partition coefficient (Wildman–Crippen LogP) is 1.28. The molecule has 0 aromatic carbocycles. The molecule has 0 radical (unpaired) electrons. The first-order chi connectivity index (χ1) is 11.2. The van der Waals surface area contributed by atoms with E-state index in [2.05, 4.69) is 25.4 Å². The number of aromatic amines is 1. The van der Waals surface area contributed by atoms with Gasteiger partial charge >= 0.3 is 0 Å². The van der Waals surface area contributed by atoms with Crippen LogP contribution in [0.2, 0.25) is 0 Å². The van der Waals surface area contributed by atoms with Crippen molar-refractivity contribution in [3.8, 4) is 5.75 Å². The van der Waals surface area contributed by atoms with E-state index in [0.29, 0.717) is 5.75 Å². The zero-order valence-electron chi connectivity index (χ0n) is 13.2. The smallest absolute Gasteiger partial charge is 0.258 e. The van der Waals surface area contributed by atoms with Crippen molar-refractivity contribution in [1.29, 1.82) is 0 Å². The van der Waals surface area contributed by atoms with Crippen LogP contribution in [-0.2, 0) is 4.79 Å². The molecule has 1 fully saturated rings. The molecule has 1 aliphatic heterocycles. The van der Waals surface area contributed by atoms with Crippen molar-refractivity contribution in [2.75, 3.05) is 24.6 Å². The Labute approximate surface area is 135 Å². The molecule has 7 nitrogen and oxygen atoms in total. The van der Waals surface area contributed by atoms with Gasteiger partial charge in [-0.05, 0) is 31.9 Å². The van der Waals surface area contributed by atoms with Crippen LogP contribution in [0.25, 0.3) is 0 Å². The lowest BCUT2D eigenvalue weighted by atomic mass is 10.1. The maximum atomic E-state index is 12.0. The van der Waals surface area contributed by atoms with Crippen LogP contribution in [0.4, 0.5) is 5.82 Å². The standard InChI is InChI=1S/C16H21N5O2/c1-12-9-15(20-19-12)21-7-4-13(5-8-21)18-16(22)11-23-14-3-2-6-17-10-14/h2-3,6,9-10,13H,4-5,7-8,11H2,1H3,(H,18,22)(H,19,20). The summed E-state index contributed by atoms with van der Waals surface area (Å²) in [4.78, 5) is 18.1. The molecule has 1 aliphatic rings. The summed E-state index contributed by atoms with van der Waals surface area (Å²) in [6, 6.07) is 5.79. The van der Waals surface area contributed by atoms with Gasteiger partial charge in [0.05, 0.1) is 6.20 Å². The van der Waals surface area contributed by atoms with Crippen LogP contribution >= 0.6 is 0 Å². The number of carbonyl (C=O) groups excluding carboxylic acids is 1. The van der Waals surface area contributed by atoms with E-state index in [0.717, 1.165) is 37.4 Å². The van der Waals surface area contributed by atoms with Crippen LogP contribution in [0.5, 0.6) is 5.75 Å². The first kappa shape index (κ1) is 15.3. The number of piperidine rings is 1. The Morgan fingerprint density at radius 2 is 2.30 bits per heavy atom. The molecule has 2 aromatic rings. The first-order valence-electron chi connectivity index (χ1n) is 7.80. The van der Waals surface area contributed by atoms with Gasteiger partial charge in [-0.15, -0.1) is 0 Å². The number of aryl methyl sites for hydroxylation is 1. The quantitative estimate of drug-likeness (QED) is 0.868. The maximum absolute atomic E-state index is 12.0. The third-order valence-corrected chi connectivity index (χ3v) is 3.88. The summed E-state index contributed by atoms with van der Waals surface area (Å²) in [5.41, 5.74) is 1.06. The van der Waals surface area contributed by atoms with E-state index in [4.69, 9.17) is 4.74 Å². The van der Waals surface area contributed by atoms with Crippen molar-refractivity contribution in [3.05, 3.63) is 36.3 Å². The molecule has 0 saturated carbocycles. The van der Waals surface area contributed by atoms with Gasteiger partial charge in [0, 0.05) is 37.1 Å². The second kappa shape index (κ2) is 7.13. The minimum atomic E-state index is -0.0945. The Morgan fingerprint density at radius 3 is 2.96 bits per heavy atom. The molecule has 0 bridgehead atoms. The molecule has 122 valence electrons. The third-order valence-electron chi connectivity index (χ3n) is 3.88. The van der Waals surface area contributed by atoms with E-state index >= 15 is 0 Å². The molecule has 0 atom stereocenters. The average molecular weight is 315 g/mol. The van der Waals surface area contributed by atoms with Gasteiger partial charge in [0.2, 0.25) is 0 Å². The van der Waals surface area contributed by atoms with Gasteiger partial charge in [-0.25, -0.2) is 0 Å². The number of pyridine rings is 1. The topological polar surface area (TPSA) is 83.1 Å². The lowest BCUT2D eigenvalue weighted by Crippen LogP contribution is -2.46. The largest absolute Gasteiger partial charge is 0.482 e. The van der Waals surface area contributed by atoms with Crippen molar-refractivity contribution in [2.45, 2.75) is 25.8 Å². The van der Waals surface area contributed by atoms with E-state index in [1.165, 1.54) is 0 Å². The van der Waals surface area contributed by atoms with E-state index in [9.17, 15) is 4.79 Å². The molecule has 3 heterocycles. The number of rotatable bonds is 5. The second-order valence-electron chi connectivity index (χ2n) is 5.72. The highest BCUT2D eigenvalue weighted by Gasteiger charge is 2.22. The molecule has 0 spiro atoms. The predicted molar refractivity (Wildman–Crippen MR) is 86.4 cm³/mol. The Morgan fingerprint density at radius 1 is 1.48 bits per heavy atom. The zero-order valence-corrected chi connectivity index (χ0v) is 13.2. The highest BCUT2D eigenvalue weighted by Crippen LogP contribution is 2.18. The average Bonchev–Trinajstić information content (AvgIpc) is 3.01. The Kier molecular flexibility index (Phi) is 4.75. The molecule has 0 unspecified atom stereocenters. The molecule has 1 amide bonds. The van der Waals surface area contributed by atoms with Crippen LogP contribution < -0.4 is 15.0 Å². The Bertz CT molecular complexity index is 635. The number of H-pyrrole nitrogens is 1. The summed E-state index contributed by atoms with van der Waals surface area (Å²) in [6.45, 7) is 3.79. The second-order valence-corrected chi connectivity index (χ2v) is 5.72. The Balaban J connectivity index is 1.41. The Hall–Kier alpha value is -2.57.